The molecule has 0 spiro atoms. The molecular weight excluding hydrogens is 344 g/mol. The Morgan fingerprint density at radius 3 is 2.21 bits per heavy atom. The maximum absolute atomic E-state index is 12.9. The zero-order chi connectivity index (χ0) is 17.3. The van der Waals surface area contributed by atoms with Gasteiger partial charge in [-0.3, -0.25) is 19.4 Å². The highest BCUT2D eigenvalue weighted by molar-refractivity contribution is 7.80. The predicted octanol–water partition coefficient (Wildman–Crippen LogP) is 3.51. The summed E-state index contributed by atoms with van der Waals surface area (Å²) < 4.78 is 0. The molecule has 1 aliphatic heterocycles. The maximum atomic E-state index is 12.9. The highest BCUT2D eigenvalue weighted by Gasteiger charge is 2.38. The van der Waals surface area contributed by atoms with Gasteiger partial charge in [-0.2, -0.15) is 0 Å². The van der Waals surface area contributed by atoms with Crippen LogP contribution in [-0.4, -0.2) is 28.9 Å². The summed E-state index contributed by atoms with van der Waals surface area (Å²) in [5.74, 6) is -0.864. The summed E-state index contributed by atoms with van der Waals surface area (Å²) in [5, 5.41) is 0.743. The minimum absolute atomic E-state index is 0.0530. The lowest BCUT2D eigenvalue weighted by atomic mass is 10.1. The summed E-state index contributed by atoms with van der Waals surface area (Å²) in [5.41, 5.74) is 1.39. The van der Waals surface area contributed by atoms with Gasteiger partial charge in [0.25, 0.3) is 11.8 Å². The number of halogens is 1. The summed E-state index contributed by atoms with van der Waals surface area (Å²) in [7, 11) is 1.56. The molecule has 2 aromatic carbocycles. The number of carbonyl (C=O) groups excluding carboxylic acids is 2. The first-order chi connectivity index (χ1) is 11.5. The summed E-state index contributed by atoms with van der Waals surface area (Å²) in [6, 6.07) is 15.9. The van der Waals surface area contributed by atoms with E-state index in [1.165, 1.54) is 9.80 Å². The first-order valence-electron chi connectivity index (χ1n) is 7.18. The van der Waals surface area contributed by atoms with Gasteiger partial charge in [-0.1, -0.05) is 41.9 Å². The van der Waals surface area contributed by atoms with Crippen LogP contribution in [0.4, 0.5) is 5.69 Å². The number of carbonyl (C=O) groups is 2. The van der Waals surface area contributed by atoms with Crippen molar-refractivity contribution in [2.45, 2.75) is 0 Å². The zero-order valence-electron chi connectivity index (χ0n) is 12.8. The fourth-order valence-corrected chi connectivity index (χ4v) is 2.77. The van der Waals surface area contributed by atoms with Crippen molar-refractivity contribution >= 4 is 52.5 Å². The third-order valence-electron chi connectivity index (χ3n) is 3.64. The Labute approximate surface area is 149 Å². The van der Waals surface area contributed by atoms with Gasteiger partial charge in [-0.15, -0.1) is 0 Å². The van der Waals surface area contributed by atoms with E-state index in [1.807, 2.05) is 18.2 Å². The van der Waals surface area contributed by atoms with Crippen LogP contribution in [0.3, 0.4) is 0 Å². The SMILES string of the molecule is CN1C(=O)/C(=C/c2ccc(Cl)cc2)C(=O)N(c2ccccc2)C1=S. The van der Waals surface area contributed by atoms with E-state index >= 15 is 0 Å². The number of likely N-dealkylation sites (N-methyl/N-ethyl adjacent to an activating group) is 1. The van der Waals surface area contributed by atoms with Crippen molar-refractivity contribution in [3.8, 4) is 0 Å². The first-order valence-corrected chi connectivity index (χ1v) is 7.96. The van der Waals surface area contributed by atoms with E-state index in [0.717, 1.165) is 0 Å². The second kappa shape index (κ2) is 6.55. The van der Waals surface area contributed by atoms with Crippen molar-refractivity contribution in [1.29, 1.82) is 0 Å². The van der Waals surface area contributed by atoms with Gasteiger partial charge in [0.1, 0.15) is 5.57 Å². The van der Waals surface area contributed by atoms with Gasteiger partial charge < -0.3 is 0 Å². The van der Waals surface area contributed by atoms with E-state index < -0.39 is 11.8 Å². The number of anilines is 1. The Kier molecular flexibility index (Phi) is 4.46. The number of hydrogen-bond donors (Lipinski definition) is 0. The van der Waals surface area contributed by atoms with Crippen molar-refractivity contribution in [3.63, 3.8) is 0 Å². The molecule has 1 aliphatic rings. The van der Waals surface area contributed by atoms with Crippen LogP contribution in [0.15, 0.2) is 60.2 Å². The number of para-hydroxylation sites is 1. The highest BCUT2D eigenvalue weighted by atomic mass is 35.5. The molecule has 0 bridgehead atoms. The van der Waals surface area contributed by atoms with Gasteiger partial charge in [0.15, 0.2) is 5.11 Å². The third kappa shape index (κ3) is 2.96. The Morgan fingerprint density at radius 1 is 0.958 bits per heavy atom. The number of hydrogen-bond acceptors (Lipinski definition) is 3. The molecule has 0 N–H and O–H groups in total. The minimum Gasteiger partial charge on any atom is -0.287 e. The molecule has 0 aromatic heterocycles. The van der Waals surface area contributed by atoms with Crippen molar-refractivity contribution in [2.24, 2.45) is 0 Å². The van der Waals surface area contributed by atoms with E-state index in [0.29, 0.717) is 16.3 Å². The molecule has 1 fully saturated rings. The Bertz CT molecular complexity index is 847. The number of benzene rings is 2. The molecule has 4 nitrogen and oxygen atoms in total. The van der Waals surface area contributed by atoms with Crippen LogP contribution < -0.4 is 4.90 Å². The molecule has 3 rings (SSSR count). The largest absolute Gasteiger partial charge is 0.287 e. The van der Waals surface area contributed by atoms with Crippen LogP contribution in [0.1, 0.15) is 5.56 Å². The number of nitrogens with zero attached hydrogens (tertiary/aromatic N) is 2. The second-order valence-electron chi connectivity index (χ2n) is 5.23. The second-order valence-corrected chi connectivity index (χ2v) is 6.03. The van der Waals surface area contributed by atoms with Crippen LogP contribution in [0, 0.1) is 0 Å². The fourth-order valence-electron chi connectivity index (χ4n) is 2.37. The van der Waals surface area contributed by atoms with Crippen molar-refractivity contribution in [2.75, 3.05) is 11.9 Å². The van der Waals surface area contributed by atoms with Crippen LogP contribution in [0.25, 0.3) is 6.08 Å². The van der Waals surface area contributed by atoms with Crippen LogP contribution in [-0.2, 0) is 9.59 Å². The molecule has 0 aliphatic carbocycles. The molecule has 0 saturated carbocycles. The molecule has 2 aromatic rings. The average Bonchev–Trinajstić information content (AvgIpc) is 2.60. The molecule has 2 amide bonds. The van der Waals surface area contributed by atoms with E-state index in [9.17, 15) is 9.59 Å². The Balaban J connectivity index is 2.06. The number of rotatable bonds is 2. The highest BCUT2D eigenvalue weighted by Crippen LogP contribution is 2.25. The Morgan fingerprint density at radius 2 is 1.58 bits per heavy atom. The van der Waals surface area contributed by atoms with Gasteiger partial charge in [-0.25, -0.2) is 0 Å². The Hall–Kier alpha value is -2.50. The molecule has 6 heteroatoms. The lowest BCUT2D eigenvalue weighted by Gasteiger charge is -2.34. The van der Waals surface area contributed by atoms with Gasteiger partial charge in [0.05, 0.1) is 5.69 Å². The normalized spacial score (nSPS) is 16.9. The molecule has 0 atom stereocenters. The number of thiocarbonyl (C=S) groups is 1. The minimum atomic E-state index is -0.441. The average molecular weight is 357 g/mol. The van der Waals surface area contributed by atoms with Gasteiger partial charge >= 0.3 is 0 Å². The molecule has 120 valence electrons. The van der Waals surface area contributed by atoms with Crippen LogP contribution in [0.5, 0.6) is 0 Å². The predicted molar refractivity (Wildman–Crippen MR) is 98.7 cm³/mol. The van der Waals surface area contributed by atoms with Crippen molar-refractivity contribution in [1.82, 2.24) is 4.90 Å². The fraction of sp³-hybridized carbons (Fsp3) is 0.0556. The van der Waals surface area contributed by atoms with E-state index in [1.54, 1.807) is 49.5 Å². The van der Waals surface area contributed by atoms with Crippen LogP contribution in [0.2, 0.25) is 5.02 Å². The summed E-state index contributed by atoms with van der Waals surface area (Å²) in [6.07, 6.45) is 1.55. The molecule has 1 saturated heterocycles. The summed E-state index contributed by atoms with van der Waals surface area (Å²) in [4.78, 5) is 28.0. The molecule has 0 unspecified atom stereocenters. The first kappa shape index (κ1) is 16.4. The number of amides is 2. The van der Waals surface area contributed by atoms with Crippen molar-refractivity contribution in [3.05, 3.63) is 70.8 Å². The van der Waals surface area contributed by atoms with Gasteiger partial charge in [-0.05, 0) is 48.1 Å². The lowest BCUT2D eigenvalue weighted by Crippen LogP contribution is -2.54. The van der Waals surface area contributed by atoms with Crippen LogP contribution >= 0.6 is 23.8 Å². The standard InChI is InChI=1S/C18H13ClN2O2S/c1-20-16(22)15(11-12-7-9-13(19)10-8-12)17(23)21(18(20)24)14-5-3-2-4-6-14/h2-11H,1H3/b15-11-. The van der Waals surface area contributed by atoms with Gasteiger partial charge in [0.2, 0.25) is 0 Å². The molecular formula is C18H13ClN2O2S. The van der Waals surface area contributed by atoms with E-state index in [-0.39, 0.29) is 10.7 Å². The molecule has 24 heavy (non-hydrogen) atoms. The maximum Gasteiger partial charge on any atom is 0.270 e. The molecule has 0 radical (unpaired) electrons. The summed E-state index contributed by atoms with van der Waals surface area (Å²) in [6.45, 7) is 0. The van der Waals surface area contributed by atoms with E-state index in [4.69, 9.17) is 23.8 Å². The smallest absolute Gasteiger partial charge is 0.270 e. The monoisotopic (exact) mass is 356 g/mol. The quantitative estimate of drug-likeness (QED) is 0.469. The van der Waals surface area contributed by atoms with Crippen molar-refractivity contribution < 1.29 is 9.59 Å². The molecule has 1 heterocycles. The van der Waals surface area contributed by atoms with Gasteiger partial charge in [0, 0.05) is 12.1 Å². The topological polar surface area (TPSA) is 40.6 Å². The van der Waals surface area contributed by atoms with E-state index in [2.05, 4.69) is 0 Å². The lowest BCUT2D eigenvalue weighted by molar-refractivity contribution is -0.127. The summed E-state index contributed by atoms with van der Waals surface area (Å²) >= 11 is 11.2. The zero-order valence-corrected chi connectivity index (χ0v) is 14.3. The third-order valence-corrected chi connectivity index (χ3v) is 4.35.